The average Bonchev–Trinajstić information content (AvgIpc) is 2.43. The number of para-hydroxylation sites is 1. The molecule has 2 rings (SSSR count). The molecule has 0 aliphatic heterocycles. The first-order valence-electron chi connectivity index (χ1n) is 5.80. The SMILES string of the molecule is O=C(CNc1cccc(Cl)c1Cl)Nc1ccccc1Br. The molecule has 0 aromatic heterocycles. The lowest BCUT2D eigenvalue weighted by Crippen LogP contribution is -2.22. The van der Waals surface area contributed by atoms with Gasteiger partial charge < -0.3 is 10.6 Å². The molecule has 0 radical (unpaired) electrons. The molecule has 0 unspecified atom stereocenters. The van der Waals surface area contributed by atoms with Gasteiger partial charge in [-0.15, -0.1) is 0 Å². The summed E-state index contributed by atoms with van der Waals surface area (Å²) in [7, 11) is 0. The Labute approximate surface area is 135 Å². The van der Waals surface area contributed by atoms with Crippen LogP contribution in [0.1, 0.15) is 0 Å². The van der Waals surface area contributed by atoms with Crippen molar-refractivity contribution < 1.29 is 4.79 Å². The molecule has 0 saturated carbocycles. The number of benzene rings is 2. The summed E-state index contributed by atoms with van der Waals surface area (Å²) in [5.74, 6) is -0.173. The molecule has 0 fully saturated rings. The van der Waals surface area contributed by atoms with Gasteiger partial charge in [-0.3, -0.25) is 4.79 Å². The number of hydrogen-bond acceptors (Lipinski definition) is 2. The number of hydrogen-bond donors (Lipinski definition) is 2. The van der Waals surface area contributed by atoms with E-state index in [0.29, 0.717) is 15.7 Å². The van der Waals surface area contributed by atoms with Crippen molar-refractivity contribution in [1.82, 2.24) is 0 Å². The maximum Gasteiger partial charge on any atom is 0.243 e. The minimum Gasteiger partial charge on any atom is -0.375 e. The second kappa shape index (κ2) is 6.97. The van der Waals surface area contributed by atoms with Crippen molar-refractivity contribution in [1.29, 1.82) is 0 Å². The van der Waals surface area contributed by atoms with Crippen molar-refractivity contribution >= 4 is 56.4 Å². The van der Waals surface area contributed by atoms with Gasteiger partial charge in [0.05, 0.1) is 28.0 Å². The number of halogens is 3. The third-order valence-corrected chi connectivity index (χ3v) is 4.05. The molecule has 0 aliphatic carbocycles. The highest BCUT2D eigenvalue weighted by Crippen LogP contribution is 2.29. The molecule has 3 nitrogen and oxygen atoms in total. The Morgan fingerprint density at radius 1 is 1.05 bits per heavy atom. The van der Waals surface area contributed by atoms with Gasteiger partial charge in [0.1, 0.15) is 0 Å². The van der Waals surface area contributed by atoms with Crippen LogP contribution >= 0.6 is 39.1 Å². The molecule has 0 bridgehead atoms. The van der Waals surface area contributed by atoms with Crippen LogP contribution in [0.3, 0.4) is 0 Å². The lowest BCUT2D eigenvalue weighted by Gasteiger charge is -2.10. The third kappa shape index (κ3) is 3.88. The fourth-order valence-corrected chi connectivity index (χ4v) is 2.32. The second-order valence-corrected chi connectivity index (χ2v) is 5.62. The maximum atomic E-state index is 11.9. The highest BCUT2D eigenvalue weighted by molar-refractivity contribution is 9.10. The second-order valence-electron chi connectivity index (χ2n) is 3.98. The highest BCUT2D eigenvalue weighted by atomic mass is 79.9. The van der Waals surface area contributed by atoms with Crippen LogP contribution in [0.5, 0.6) is 0 Å². The van der Waals surface area contributed by atoms with E-state index in [1.54, 1.807) is 18.2 Å². The van der Waals surface area contributed by atoms with E-state index in [1.807, 2.05) is 24.3 Å². The van der Waals surface area contributed by atoms with E-state index in [1.165, 1.54) is 0 Å². The molecule has 0 spiro atoms. The number of carbonyl (C=O) groups is 1. The Kier molecular flexibility index (Phi) is 5.29. The minimum absolute atomic E-state index is 0.0986. The highest BCUT2D eigenvalue weighted by Gasteiger charge is 2.07. The fraction of sp³-hybridized carbons (Fsp3) is 0.0714. The molecule has 6 heteroatoms. The summed E-state index contributed by atoms with van der Waals surface area (Å²) < 4.78 is 0.828. The molecular weight excluding hydrogens is 363 g/mol. The predicted molar refractivity (Wildman–Crippen MR) is 87.7 cm³/mol. The van der Waals surface area contributed by atoms with Crippen molar-refractivity contribution in [3.05, 3.63) is 57.0 Å². The third-order valence-electron chi connectivity index (χ3n) is 2.54. The number of rotatable bonds is 4. The van der Waals surface area contributed by atoms with Crippen molar-refractivity contribution in [2.24, 2.45) is 0 Å². The number of carbonyl (C=O) groups excluding carboxylic acids is 1. The number of nitrogens with one attached hydrogen (secondary N) is 2. The van der Waals surface area contributed by atoms with Crippen LogP contribution in [-0.2, 0) is 4.79 Å². The summed E-state index contributed by atoms with van der Waals surface area (Å²) in [6, 6.07) is 12.6. The molecule has 0 aliphatic rings. The lowest BCUT2D eigenvalue weighted by molar-refractivity contribution is -0.114. The van der Waals surface area contributed by atoms with Crippen molar-refractivity contribution in [2.45, 2.75) is 0 Å². The summed E-state index contributed by atoms with van der Waals surface area (Å²) in [5, 5.41) is 6.59. The summed E-state index contributed by atoms with van der Waals surface area (Å²) in [6.45, 7) is 0.0986. The van der Waals surface area contributed by atoms with Gasteiger partial charge in [0.2, 0.25) is 5.91 Å². The molecule has 1 amide bonds. The van der Waals surface area contributed by atoms with E-state index in [2.05, 4.69) is 26.6 Å². The first-order valence-corrected chi connectivity index (χ1v) is 7.35. The molecule has 2 N–H and O–H groups in total. The predicted octanol–water partition coefficient (Wildman–Crippen LogP) is 4.81. The molecular formula is C14H11BrCl2N2O. The van der Waals surface area contributed by atoms with E-state index in [9.17, 15) is 4.79 Å². The lowest BCUT2D eigenvalue weighted by atomic mass is 10.3. The first kappa shape index (κ1) is 15.2. The Bertz CT molecular complexity index is 634. The molecule has 0 saturated heterocycles. The molecule has 2 aromatic carbocycles. The smallest absolute Gasteiger partial charge is 0.243 e. The van der Waals surface area contributed by atoms with Crippen LogP contribution in [0.2, 0.25) is 10.0 Å². The van der Waals surface area contributed by atoms with Crippen LogP contribution in [-0.4, -0.2) is 12.5 Å². The summed E-state index contributed by atoms with van der Waals surface area (Å²) in [5.41, 5.74) is 1.35. The Morgan fingerprint density at radius 2 is 1.75 bits per heavy atom. The molecule has 2 aromatic rings. The molecule has 0 atom stereocenters. The maximum absolute atomic E-state index is 11.9. The standard InChI is InChI=1S/C14H11BrCl2N2O/c15-9-4-1-2-6-11(9)19-13(20)8-18-12-7-3-5-10(16)14(12)17/h1-7,18H,8H2,(H,19,20). The topological polar surface area (TPSA) is 41.1 Å². The van der Waals surface area contributed by atoms with Gasteiger partial charge in [-0.2, -0.15) is 0 Å². The van der Waals surface area contributed by atoms with Crippen LogP contribution < -0.4 is 10.6 Å². The number of amides is 1. The van der Waals surface area contributed by atoms with Gasteiger partial charge in [0.25, 0.3) is 0 Å². The van der Waals surface area contributed by atoms with Crippen molar-refractivity contribution in [3.63, 3.8) is 0 Å². The van der Waals surface area contributed by atoms with E-state index < -0.39 is 0 Å². The van der Waals surface area contributed by atoms with E-state index >= 15 is 0 Å². The first-order chi connectivity index (χ1) is 9.58. The largest absolute Gasteiger partial charge is 0.375 e. The summed E-state index contributed by atoms with van der Waals surface area (Å²) in [6.07, 6.45) is 0. The van der Waals surface area contributed by atoms with E-state index in [-0.39, 0.29) is 12.5 Å². The zero-order valence-corrected chi connectivity index (χ0v) is 13.4. The average molecular weight is 374 g/mol. The molecule has 0 heterocycles. The van der Waals surface area contributed by atoms with E-state index in [0.717, 1.165) is 10.2 Å². The quantitative estimate of drug-likeness (QED) is 0.807. The van der Waals surface area contributed by atoms with Gasteiger partial charge in [-0.05, 0) is 40.2 Å². The van der Waals surface area contributed by atoms with Crippen LogP contribution in [0.15, 0.2) is 46.9 Å². The van der Waals surface area contributed by atoms with Crippen LogP contribution in [0.25, 0.3) is 0 Å². The summed E-state index contributed by atoms with van der Waals surface area (Å²) in [4.78, 5) is 11.9. The van der Waals surface area contributed by atoms with Gasteiger partial charge >= 0.3 is 0 Å². The minimum atomic E-state index is -0.173. The normalized spacial score (nSPS) is 10.2. The van der Waals surface area contributed by atoms with Gasteiger partial charge in [-0.25, -0.2) is 0 Å². The monoisotopic (exact) mass is 372 g/mol. The van der Waals surface area contributed by atoms with Gasteiger partial charge in [0.15, 0.2) is 0 Å². The molecule has 104 valence electrons. The fourth-order valence-electron chi connectivity index (χ4n) is 1.57. The van der Waals surface area contributed by atoms with Gasteiger partial charge in [0, 0.05) is 4.47 Å². The number of anilines is 2. The van der Waals surface area contributed by atoms with Crippen LogP contribution in [0.4, 0.5) is 11.4 Å². The Morgan fingerprint density at radius 3 is 2.50 bits per heavy atom. The van der Waals surface area contributed by atoms with E-state index in [4.69, 9.17) is 23.2 Å². The van der Waals surface area contributed by atoms with Crippen molar-refractivity contribution in [2.75, 3.05) is 17.2 Å². The Balaban J connectivity index is 1.96. The van der Waals surface area contributed by atoms with Gasteiger partial charge in [-0.1, -0.05) is 41.4 Å². The zero-order valence-electron chi connectivity index (χ0n) is 10.3. The zero-order chi connectivity index (χ0) is 14.5. The van der Waals surface area contributed by atoms with Crippen molar-refractivity contribution in [3.8, 4) is 0 Å². The summed E-state index contributed by atoms with van der Waals surface area (Å²) >= 11 is 15.3. The Hall–Kier alpha value is -1.23. The molecule has 20 heavy (non-hydrogen) atoms. The van der Waals surface area contributed by atoms with Crippen LogP contribution in [0, 0.1) is 0 Å².